The summed E-state index contributed by atoms with van der Waals surface area (Å²) in [4.78, 5) is 35.6. The number of carbonyl (C=O) groups excluding carboxylic acids is 3. The van der Waals surface area contributed by atoms with E-state index in [0.717, 1.165) is 4.47 Å². The molecular weight excluding hydrogens is 454 g/mol. The summed E-state index contributed by atoms with van der Waals surface area (Å²) >= 11 is 6.56. The van der Waals surface area contributed by atoms with Gasteiger partial charge in [-0.2, -0.15) is 0 Å². The maximum Gasteiger partial charge on any atom is 0.270 e. The molecule has 0 aliphatic heterocycles. The van der Waals surface area contributed by atoms with E-state index >= 15 is 0 Å². The first kappa shape index (κ1) is 19.1. The molecule has 3 N–H and O–H groups in total. The van der Waals surface area contributed by atoms with Crippen LogP contribution in [0.2, 0.25) is 0 Å². The molecule has 0 saturated carbocycles. The van der Waals surface area contributed by atoms with Crippen LogP contribution >= 0.6 is 31.9 Å². The smallest absolute Gasteiger partial charge is 0.270 e. The van der Waals surface area contributed by atoms with Gasteiger partial charge in [0.25, 0.3) is 11.8 Å². The Labute approximate surface area is 161 Å². The first-order valence-electron chi connectivity index (χ1n) is 7.35. The summed E-state index contributed by atoms with van der Waals surface area (Å²) in [5.41, 5.74) is 5.56. The van der Waals surface area contributed by atoms with Crippen LogP contribution in [-0.2, 0) is 4.79 Å². The molecule has 2 aromatic carbocycles. The van der Waals surface area contributed by atoms with E-state index in [-0.39, 0.29) is 18.9 Å². The minimum absolute atomic E-state index is 0.0402. The van der Waals surface area contributed by atoms with E-state index in [1.54, 1.807) is 48.5 Å². The second-order valence-corrected chi connectivity index (χ2v) is 6.76. The lowest BCUT2D eigenvalue weighted by Crippen LogP contribution is -2.42. The van der Waals surface area contributed by atoms with Gasteiger partial charge in [-0.05, 0) is 52.3 Å². The minimum atomic E-state index is -0.431. The van der Waals surface area contributed by atoms with Crippen molar-refractivity contribution in [3.8, 4) is 0 Å². The third-order valence-electron chi connectivity index (χ3n) is 3.18. The zero-order valence-electron chi connectivity index (χ0n) is 13.0. The van der Waals surface area contributed by atoms with Gasteiger partial charge in [0, 0.05) is 27.5 Å². The van der Waals surface area contributed by atoms with Gasteiger partial charge in [0.05, 0.1) is 5.56 Å². The molecule has 0 bridgehead atoms. The molecule has 3 amide bonds. The van der Waals surface area contributed by atoms with Crippen LogP contribution in [0.4, 0.5) is 0 Å². The Morgan fingerprint density at radius 1 is 0.840 bits per heavy atom. The lowest BCUT2D eigenvalue weighted by Gasteiger charge is -2.09. The van der Waals surface area contributed by atoms with Gasteiger partial charge < -0.3 is 5.32 Å². The number of hydrogen-bond donors (Lipinski definition) is 3. The van der Waals surface area contributed by atoms with Gasteiger partial charge >= 0.3 is 0 Å². The number of hydrazine groups is 1. The van der Waals surface area contributed by atoms with Crippen LogP contribution in [0.3, 0.4) is 0 Å². The standard InChI is InChI=1S/C17H15Br2N3O3/c18-12-7-5-11(6-8-12)16(24)20-10-9-15(23)21-22-17(25)13-3-1-2-4-14(13)19/h1-8H,9-10H2,(H,20,24)(H,21,23)(H,22,25). The summed E-state index contributed by atoms with van der Waals surface area (Å²) in [6.45, 7) is 0.158. The van der Waals surface area contributed by atoms with E-state index in [1.807, 2.05) is 0 Å². The molecule has 0 aromatic heterocycles. The Balaban J connectivity index is 1.72. The third kappa shape index (κ3) is 5.99. The average molecular weight is 469 g/mol. The molecule has 0 unspecified atom stereocenters. The highest BCUT2D eigenvalue weighted by molar-refractivity contribution is 9.10. The van der Waals surface area contributed by atoms with Crippen LogP contribution in [0.15, 0.2) is 57.5 Å². The Kier molecular flexibility index (Phi) is 7.15. The molecule has 25 heavy (non-hydrogen) atoms. The maximum atomic E-state index is 11.9. The molecule has 0 radical (unpaired) electrons. The fraction of sp³-hybridized carbons (Fsp3) is 0.118. The number of carbonyl (C=O) groups is 3. The third-order valence-corrected chi connectivity index (χ3v) is 4.40. The van der Waals surface area contributed by atoms with E-state index in [0.29, 0.717) is 15.6 Å². The second-order valence-electron chi connectivity index (χ2n) is 4.99. The predicted molar refractivity (Wildman–Crippen MR) is 101 cm³/mol. The predicted octanol–water partition coefficient (Wildman–Crippen LogP) is 2.79. The minimum Gasteiger partial charge on any atom is -0.352 e. The Bertz CT molecular complexity index is 779. The van der Waals surface area contributed by atoms with Crippen LogP contribution in [0.25, 0.3) is 0 Å². The highest BCUT2D eigenvalue weighted by Crippen LogP contribution is 2.15. The zero-order valence-corrected chi connectivity index (χ0v) is 16.2. The fourth-order valence-corrected chi connectivity index (χ4v) is 2.62. The van der Waals surface area contributed by atoms with E-state index in [9.17, 15) is 14.4 Å². The van der Waals surface area contributed by atoms with Crippen LogP contribution in [0.5, 0.6) is 0 Å². The molecule has 0 spiro atoms. The van der Waals surface area contributed by atoms with Crippen molar-refractivity contribution < 1.29 is 14.4 Å². The monoisotopic (exact) mass is 467 g/mol. The van der Waals surface area contributed by atoms with E-state index in [4.69, 9.17) is 0 Å². The average Bonchev–Trinajstić information content (AvgIpc) is 2.60. The zero-order chi connectivity index (χ0) is 18.2. The van der Waals surface area contributed by atoms with Crippen molar-refractivity contribution in [1.29, 1.82) is 0 Å². The summed E-state index contributed by atoms with van der Waals surface area (Å²) in [5.74, 6) is -1.10. The number of nitrogens with one attached hydrogen (secondary N) is 3. The SMILES string of the molecule is O=C(CCNC(=O)c1ccc(Br)cc1)NNC(=O)c1ccccc1Br. The first-order valence-corrected chi connectivity index (χ1v) is 8.93. The molecule has 0 atom stereocenters. The van der Waals surface area contributed by atoms with Crippen molar-refractivity contribution in [2.75, 3.05) is 6.54 Å². The second kappa shape index (κ2) is 9.33. The highest BCUT2D eigenvalue weighted by atomic mass is 79.9. The first-order chi connectivity index (χ1) is 12.0. The summed E-state index contributed by atoms with van der Waals surface area (Å²) in [7, 11) is 0. The summed E-state index contributed by atoms with van der Waals surface area (Å²) < 4.78 is 1.51. The van der Waals surface area contributed by atoms with E-state index in [2.05, 4.69) is 48.0 Å². The van der Waals surface area contributed by atoms with Gasteiger partial charge in [0.1, 0.15) is 0 Å². The fourth-order valence-electron chi connectivity index (χ4n) is 1.89. The molecule has 0 heterocycles. The Morgan fingerprint density at radius 3 is 2.20 bits per heavy atom. The summed E-state index contributed by atoms with van der Waals surface area (Å²) in [6.07, 6.45) is 0.0402. The molecule has 8 heteroatoms. The van der Waals surface area contributed by atoms with Gasteiger partial charge in [-0.25, -0.2) is 0 Å². The van der Waals surface area contributed by atoms with Crippen molar-refractivity contribution in [3.63, 3.8) is 0 Å². The van der Waals surface area contributed by atoms with Gasteiger partial charge in [-0.15, -0.1) is 0 Å². The molecule has 0 aliphatic carbocycles. The number of halogens is 2. The summed E-state index contributed by atoms with van der Waals surface area (Å²) in [5, 5.41) is 2.64. The van der Waals surface area contributed by atoms with Crippen molar-refractivity contribution >= 4 is 49.6 Å². The lowest BCUT2D eigenvalue weighted by atomic mass is 10.2. The van der Waals surface area contributed by atoms with Crippen molar-refractivity contribution in [2.24, 2.45) is 0 Å². The van der Waals surface area contributed by atoms with Gasteiger partial charge in [0.2, 0.25) is 5.91 Å². The number of hydrogen-bond acceptors (Lipinski definition) is 3. The largest absolute Gasteiger partial charge is 0.352 e. The van der Waals surface area contributed by atoms with Crippen LogP contribution in [-0.4, -0.2) is 24.3 Å². The van der Waals surface area contributed by atoms with E-state index in [1.165, 1.54) is 0 Å². The number of benzene rings is 2. The van der Waals surface area contributed by atoms with Gasteiger partial charge in [-0.1, -0.05) is 28.1 Å². The Hall–Kier alpha value is -2.19. The van der Waals surface area contributed by atoms with Crippen molar-refractivity contribution in [1.82, 2.24) is 16.2 Å². The number of rotatable bonds is 5. The molecule has 0 aliphatic rings. The molecule has 0 fully saturated rings. The number of amides is 3. The molecular formula is C17H15Br2N3O3. The highest BCUT2D eigenvalue weighted by Gasteiger charge is 2.11. The maximum absolute atomic E-state index is 11.9. The lowest BCUT2D eigenvalue weighted by molar-refractivity contribution is -0.121. The van der Waals surface area contributed by atoms with Gasteiger partial charge in [0.15, 0.2) is 0 Å². The van der Waals surface area contributed by atoms with Crippen molar-refractivity contribution in [2.45, 2.75) is 6.42 Å². The van der Waals surface area contributed by atoms with Crippen LogP contribution < -0.4 is 16.2 Å². The summed E-state index contributed by atoms with van der Waals surface area (Å²) in [6, 6.07) is 13.7. The van der Waals surface area contributed by atoms with E-state index < -0.39 is 11.8 Å². The van der Waals surface area contributed by atoms with Crippen LogP contribution in [0.1, 0.15) is 27.1 Å². The van der Waals surface area contributed by atoms with Crippen LogP contribution in [0, 0.1) is 0 Å². The molecule has 2 aromatic rings. The molecule has 2 rings (SSSR count). The normalized spacial score (nSPS) is 10.0. The molecule has 0 saturated heterocycles. The van der Waals surface area contributed by atoms with Crippen molar-refractivity contribution in [3.05, 3.63) is 68.6 Å². The molecule has 6 nitrogen and oxygen atoms in total. The topological polar surface area (TPSA) is 87.3 Å². The quantitative estimate of drug-likeness (QED) is 0.589. The Morgan fingerprint density at radius 2 is 1.52 bits per heavy atom. The molecule has 130 valence electrons. The van der Waals surface area contributed by atoms with Gasteiger partial charge in [-0.3, -0.25) is 25.2 Å².